The average molecular weight is 377 g/mol. The second-order valence-electron chi connectivity index (χ2n) is 5.05. The fourth-order valence-corrected chi connectivity index (χ4v) is 3.16. The Balaban J connectivity index is 2.04. The molecule has 0 fully saturated rings. The molecule has 1 amide bonds. The summed E-state index contributed by atoms with van der Waals surface area (Å²) in [5, 5.41) is 13.5. The van der Waals surface area contributed by atoms with Crippen molar-refractivity contribution >= 4 is 41.5 Å². The Hall–Kier alpha value is -2.31. The van der Waals surface area contributed by atoms with Gasteiger partial charge in [-0.3, -0.25) is 4.79 Å². The van der Waals surface area contributed by atoms with Gasteiger partial charge in [0.2, 0.25) is 5.91 Å². The van der Waals surface area contributed by atoms with Gasteiger partial charge < -0.3 is 5.11 Å². The molecule has 0 saturated carbocycles. The first-order valence-electron chi connectivity index (χ1n) is 7.56. The summed E-state index contributed by atoms with van der Waals surface area (Å²) in [6, 6.07) is 11.9. The number of aromatic carboxylic acids is 1. The van der Waals surface area contributed by atoms with E-state index in [0.717, 1.165) is 16.2 Å². The molecule has 0 heterocycles. The lowest BCUT2D eigenvalue weighted by molar-refractivity contribution is -0.120. The smallest absolute Gasteiger partial charge is 0.336 e. The molecule has 0 unspecified atom stereocenters. The number of benzene rings is 2. The molecule has 0 radical (unpaired) electrons. The first-order chi connectivity index (χ1) is 12.0. The maximum Gasteiger partial charge on any atom is 0.336 e. The van der Waals surface area contributed by atoms with Crippen LogP contribution in [0, 0.1) is 0 Å². The van der Waals surface area contributed by atoms with E-state index in [1.807, 2.05) is 13.0 Å². The largest absolute Gasteiger partial charge is 0.478 e. The minimum absolute atomic E-state index is 0.122. The number of nitrogens with zero attached hydrogens (tertiary/aromatic N) is 1. The lowest BCUT2D eigenvalue weighted by Gasteiger charge is -2.08. The van der Waals surface area contributed by atoms with E-state index in [9.17, 15) is 9.59 Å². The molecule has 0 aliphatic rings. The zero-order valence-corrected chi connectivity index (χ0v) is 15.1. The highest BCUT2D eigenvalue weighted by Gasteiger charge is 2.10. The maximum absolute atomic E-state index is 12.1. The highest BCUT2D eigenvalue weighted by molar-refractivity contribution is 7.99. The van der Waals surface area contributed by atoms with Gasteiger partial charge in [-0.25, -0.2) is 10.2 Å². The van der Waals surface area contributed by atoms with E-state index in [2.05, 4.69) is 10.5 Å². The van der Waals surface area contributed by atoms with Crippen LogP contribution in [0.25, 0.3) is 0 Å². The second-order valence-corrected chi connectivity index (χ2v) is 6.79. The summed E-state index contributed by atoms with van der Waals surface area (Å²) in [5.74, 6) is -0.460. The highest BCUT2D eigenvalue weighted by atomic mass is 35.5. The Morgan fingerprint density at radius 3 is 2.76 bits per heavy atom. The van der Waals surface area contributed by atoms with Crippen LogP contribution in [0.4, 0.5) is 0 Å². The van der Waals surface area contributed by atoms with E-state index in [-0.39, 0.29) is 17.9 Å². The van der Waals surface area contributed by atoms with Crippen molar-refractivity contribution in [2.24, 2.45) is 5.10 Å². The van der Waals surface area contributed by atoms with E-state index >= 15 is 0 Å². The van der Waals surface area contributed by atoms with E-state index in [0.29, 0.717) is 10.6 Å². The number of carbonyl (C=O) groups is 2. The van der Waals surface area contributed by atoms with Gasteiger partial charge in [-0.2, -0.15) is 5.10 Å². The summed E-state index contributed by atoms with van der Waals surface area (Å²) in [6.45, 7) is 2.04. The first kappa shape index (κ1) is 19.0. The van der Waals surface area contributed by atoms with E-state index in [4.69, 9.17) is 16.7 Å². The third kappa shape index (κ3) is 5.62. The standard InChI is InChI=1S/C18H17ClN2O3S/c1-2-25-16-8-7-14(19)9-13(16)10-17(22)21-20-11-12-5-3-4-6-15(12)18(23)24/h3-9,11H,2,10H2,1H3,(H,21,22)(H,23,24)/b20-11-. The summed E-state index contributed by atoms with van der Waals surface area (Å²) in [6.07, 6.45) is 1.46. The second kappa shape index (κ2) is 9.25. The van der Waals surface area contributed by atoms with Gasteiger partial charge in [-0.1, -0.05) is 36.7 Å². The quantitative estimate of drug-likeness (QED) is 0.437. The number of amides is 1. The molecule has 2 N–H and O–H groups in total. The number of rotatable bonds is 7. The van der Waals surface area contributed by atoms with Crippen LogP contribution >= 0.6 is 23.4 Å². The molecule has 0 aliphatic heterocycles. The number of thioether (sulfide) groups is 1. The lowest BCUT2D eigenvalue weighted by atomic mass is 10.1. The summed E-state index contributed by atoms with van der Waals surface area (Å²) in [4.78, 5) is 24.2. The Kier molecular flexibility index (Phi) is 7.03. The molecule has 25 heavy (non-hydrogen) atoms. The Bertz CT molecular complexity index is 809. The van der Waals surface area contributed by atoms with Crippen molar-refractivity contribution in [1.29, 1.82) is 0 Å². The zero-order chi connectivity index (χ0) is 18.2. The molecule has 0 spiro atoms. The summed E-state index contributed by atoms with van der Waals surface area (Å²) >= 11 is 7.64. The minimum atomic E-state index is -1.05. The first-order valence-corrected chi connectivity index (χ1v) is 8.93. The minimum Gasteiger partial charge on any atom is -0.478 e. The Morgan fingerprint density at radius 1 is 1.28 bits per heavy atom. The molecule has 2 aromatic carbocycles. The third-order valence-corrected chi connectivity index (χ3v) is 4.49. The Morgan fingerprint density at radius 2 is 2.04 bits per heavy atom. The van der Waals surface area contributed by atoms with Gasteiger partial charge in [0.05, 0.1) is 18.2 Å². The van der Waals surface area contributed by atoms with Crippen molar-refractivity contribution in [2.45, 2.75) is 18.2 Å². The monoisotopic (exact) mass is 376 g/mol. The normalized spacial score (nSPS) is 10.8. The fraction of sp³-hybridized carbons (Fsp3) is 0.167. The molecule has 0 atom stereocenters. The molecule has 7 heteroatoms. The van der Waals surface area contributed by atoms with Crippen molar-refractivity contribution in [3.63, 3.8) is 0 Å². The summed E-state index contributed by atoms with van der Waals surface area (Å²) in [7, 11) is 0. The molecular formula is C18H17ClN2O3S. The van der Waals surface area contributed by atoms with Crippen molar-refractivity contribution < 1.29 is 14.7 Å². The van der Waals surface area contributed by atoms with Crippen molar-refractivity contribution in [2.75, 3.05) is 5.75 Å². The van der Waals surface area contributed by atoms with Crippen LogP contribution in [-0.4, -0.2) is 29.0 Å². The number of carboxylic acid groups (broad SMARTS) is 1. The van der Waals surface area contributed by atoms with E-state index < -0.39 is 5.97 Å². The van der Waals surface area contributed by atoms with Crippen LogP contribution < -0.4 is 5.43 Å². The van der Waals surface area contributed by atoms with Gasteiger partial charge >= 0.3 is 5.97 Å². The number of carbonyl (C=O) groups excluding carboxylic acids is 1. The predicted octanol–water partition coefficient (Wildman–Crippen LogP) is 3.84. The average Bonchev–Trinajstić information content (AvgIpc) is 2.57. The van der Waals surface area contributed by atoms with E-state index in [1.165, 1.54) is 12.3 Å². The molecule has 2 aromatic rings. The maximum atomic E-state index is 12.1. The molecule has 0 saturated heterocycles. The molecule has 0 bridgehead atoms. The number of hydrazone groups is 1. The van der Waals surface area contributed by atoms with Crippen LogP contribution in [0.3, 0.4) is 0 Å². The zero-order valence-electron chi connectivity index (χ0n) is 13.5. The van der Waals surface area contributed by atoms with Crippen molar-refractivity contribution in [3.05, 3.63) is 64.2 Å². The molecule has 2 rings (SSSR count). The summed E-state index contributed by atoms with van der Waals surface area (Å²) < 4.78 is 0. The van der Waals surface area contributed by atoms with Gasteiger partial charge in [0.15, 0.2) is 0 Å². The van der Waals surface area contributed by atoms with Crippen LogP contribution in [0.5, 0.6) is 0 Å². The van der Waals surface area contributed by atoms with Gasteiger partial charge in [0, 0.05) is 15.5 Å². The number of hydrogen-bond acceptors (Lipinski definition) is 4. The Labute approximate surface area is 155 Å². The SMILES string of the molecule is CCSc1ccc(Cl)cc1CC(=O)N/N=C\c1ccccc1C(=O)O. The molecule has 0 aromatic heterocycles. The molecule has 5 nitrogen and oxygen atoms in total. The molecule has 130 valence electrons. The van der Waals surface area contributed by atoms with Crippen LogP contribution in [-0.2, 0) is 11.2 Å². The summed E-state index contributed by atoms with van der Waals surface area (Å²) in [5.41, 5.74) is 3.79. The molecule has 0 aliphatic carbocycles. The fourth-order valence-electron chi connectivity index (χ4n) is 2.17. The number of halogens is 1. The van der Waals surface area contributed by atoms with Gasteiger partial charge in [0.1, 0.15) is 0 Å². The number of hydrogen-bond donors (Lipinski definition) is 2. The lowest BCUT2D eigenvalue weighted by Crippen LogP contribution is -2.20. The van der Waals surface area contributed by atoms with Crippen LogP contribution in [0.15, 0.2) is 52.5 Å². The highest BCUT2D eigenvalue weighted by Crippen LogP contribution is 2.26. The molecular weight excluding hydrogens is 360 g/mol. The van der Waals surface area contributed by atoms with Gasteiger partial charge in [-0.05, 0) is 35.6 Å². The van der Waals surface area contributed by atoms with Crippen molar-refractivity contribution in [3.8, 4) is 0 Å². The van der Waals surface area contributed by atoms with Crippen LogP contribution in [0.2, 0.25) is 5.02 Å². The van der Waals surface area contributed by atoms with Gasteiger partial charge in [0.25, 0.3) is 0 Å². The number of nitrogens with one attached hydrogen (secondary N) is 1. The van der Waals surface area contributed by atoms with E-state index in [1.54, 1.807) is 42.1 Å². The van der Waals surface area contributed by atoms with Gasteiger partial charge in [-0.15, -0.1) is 11.8 Å². The van der Waals surface area contributed by atoms with Crippen molar-refractivity contribution in [1.82, 2.24) is 5.43 Å². The predicted molar refractivity (Wildman–Crippen MR) is 101 cm³/mol. The third-order valence-electron chi connectivity index (χ3n) is 3.26. The topological polar surface area (TPSA) is 78.8 Å². The number of carboxylic acids is 1. The van der Waals surface area contributed by atoms with Crippen LogP contribution in [0.1, 0.15) is 28.4 Å².